The van der Waals surface area contributed by atoms with Crippen LogP contribution >= 0.6 is 0 Å². The van der Waals surface area contributed by atoms with Gasteiger partial charge in [0.1, 0.15) is 0 Å². The molecule has 0 aromatic heterocycles. The lowest BCUT2D eigenvalue weighted by Crippen LogP contribution is -2.23. The number of carboxylic acid groups (broad SMARTS) is 1. The summed E-state index contributed by atoms with van der Waals surface area (Å²) in [6.45, 7) is 1.83. The first kappa shape index (κ1) is 25.4. The fourth-order valence-electron chi connectivity index (χ4n) is 2.60. The summed E-state index contributed by atoms with van der Waals surface area (Å²) < 4.78 is 0. The van der Waals surface area contributed by atoms with E-state index in [0.29, 0.717) is 12.8 Å². The van der Waals surface area contributed by atoms with Gasteiger partial charge in [-0.15, -0.1) is 0 Å². The molecule has 4 heteroatoms. The third-order valence-electron chi connectivity index (χ3n) is 4.26. The Morgan fingerprint density at radius 3 is 1.85 bits per heavy atom. The minimum absolute atomic E-state index is 0.0971. The van der Waals surface area contributed by atoms with E-state index in [4.69, 9.17) is 10.2 Å². The molecule has 3 N–H and O–H groups in total. The van der Waals surface area contributed by atoms with Crippen LogP contribution < -0.4 is 0 Å². The van der Waals surface area contributed by atoms with Crippen molar-refractivity contribution in [3.8, 4) is 0 Å². The summed E-state index contributed by atoms with van der Waals surface area (Å²) in [6, 6.07) is 0. The molecule has 4 nitrogen and oxygen atoms in total. The number of carbonyl (C=O) groups is 1. The van der Waals surface area contributed by atoms with E-state index in [2.05, 4.69) is 43.4 Å². The van der Waals surface area contributed by atoms with Crippen molar-refractivity contribution in [2.75, 3.05) is 6.61 Å². The molecule has 0 heterocycles. The molecular formula is C23H38O4. The van der Waals surface area contributed by atoms with Crippen LogP contribution in [0.3, 0.4) is 0 Å². The number of rotatable bonds is 17. The van der Waals surface area contributed by atoms with Crippen molar-refractivity contribution in [1.29, 1.82) is 0 Å². The molecule has 0 amide bonds. The molecule has 0 fully saturated rings. The van der Waals surface area contributed by atoms with Crippen molar-refractivity contribution < 1.29 is 20.1 Å². The molecule has 0 aromatic rings. The van der Waals surface area contributed by atoms with E-state index in [1.54, 1.807) is 0 Å². The second-order valence-electron chi connectivity index (χ2n) is 6.77. The Kier molecular flexibility index (Phi) is 18.0. The molecule has 0 rings (SSSR count). The molecule has 2 unspecified atom stereocenters. The summed E-state index contributed by atoms with van der Waals surface area (Å²) in [6.07, 6.45) is 25.2. The third kappa shape index (κ3) is 17.5. The smallest absolute Gasteiger partial charge is 0.306 e. The molecular weight excluding hydrogens is 340 g/mol. The third-order valence-corrected chi connectivity index (χ3v) is 4.26. The highest BCUT2D eigenvalue weighted by Gasteiger charge is 2.20. The van der Waals surface area contributed by atoms with E-state index in [0.717, 1.165) is 19.3 Å². The summed E-state index contributed by atoms with van der Waals surface area (Å²) in [5.74, 6) is -1.53. The van der Waals surface area contributed by atoms with Crippen LogP contribution in [0, 0.1) is 5.92 Å². The minimum Gasteiger partial charge on any atom is -0.481 e. The van der Waals surface area contributed by atoms with Gasteiger partial charge < -0.3 is 15.3 Å². The average Bonchev–Trinajstić information content (AvgIpc) is 2.66. The van der Waals surface area contributed by atoms with E-state index >= 15 is 0 Å². The van der Waals surface area contributed by atoms with Crippen LogP contribution in [0.4, 0.5) is 0 Å². The van der Waals surface area contributed by atoms with Gasteiger partial charge in [0.05, 0.1) is 18.6 Å². The van der Waals surface area contributed by atoms with E-state index < -0.39 is 24.6 Å². The van der Waals surface area contributed by atoms with Gasteiger partial charge in [-0.1, -0.05) is 68.4 Å². The Bertz CT molecular complexity index is 463. The number of aliphatic hydroxyl groups excluding tert-OH is 2. The van der Waals surface area contributed by atoms with Crippen molar-refractivity contribution in [3.05, 3.63) is 48.6 Å². The molecule has 0 bridgehead atoms. The normalized spacial score (nSPS) is 14.8. The second kappa shape index (κ2) is 19.1. The molecule has 0 spiro atoms. The zero-order valence-electron chi connectivity index (χ0n) is 16.8. The fourth-order valence-corrected chi connectivity index (χ4v) is 2.60. The SMILES string of the molecule is CCCCC/C=C\C/C=C\C/C=C\C/C=C\CCC(CC(O)CO)C(=O)O. The van der Waals surface area contributed by atoms with Crippen molar-refractivity contribution >= 4 is 5.97 Å². The van der Waals surface area contributed by atoms with Crippen molar-refractivity contribution in [2.45, 2.75) is 77.2 Å². The average molecular weight is 379 g/mol. The first-order valence-electron chi connectivity index (χ1n) is 10.2. The van der Waals surface area contributed by atoms with Gasteiger partial charge in [-0.25, -0.2) is 0 Å². The first-order valence-corrected chi connectivity index (χ1v) is 10.2. The molecule has 0 aliphatic carbocycles. The Balaban J connectivity index is 3.74. The van der Waals surface area contributed by atoms with Crippen LogP contribution in [0.15, 0.2) is 48.6 Å². The highest BCUT2D eigenvalue weighted by Crippen LogP contribution is 2.14. The lowest BCUT2D eigenvalue weighted by Gasteiger charge is -2.14. The highest BCUT2D eigenvalue weighted by atomic mass is 16.4. The maximum Gasteiger partial charge on any atom is 0.306 e. The van der Waals surface area contributed by atoms with Gasteiger partial charge in [0.25, 0.3) is 0 Å². The number of aliphatic carboxylic acids is 1. The summed E-state index contributed by atoms with van der Waals surface area (Å²) in [5, 5.41) is 27.3. The van der Waals surface area contributed by atoms with Gasteiger partial charge in [-0.3, -0.25) is 4.79 Å². The van der Waals surface area contributed by atoms with Gasteiger partial charge in [-0.05, 0) is 51.4 Å². The molecule has 0 aromatic carbocycles. The van der Waals surface area contributed by atoms with Gasteiger partial charge in [0.15, 0.2) is 0 Å². The number of allylic oxidation sites excluding steroid dienone is 8. The van der Waals surface area contributed by atoms with Crippen molar-refractivity contribution in [1.82, 2.24) is 0 Å². The van der Waals surface area contributed by atoms with E-state index in [-0.39, 0.29) is 6.42 Å². The summed E-state index contributed by atoms with van der Waals surface area (Å²) in [4.78, 5) is 11.1. The summed E-state index contributed by atoms with van der Waals surface area (Å²) in [7, 11) is 0. The maximum absolute atomic E-state index is 11.1. The monoisotopic (exact) mass is 378 g/mol. The van der Waals surface area contributed by atoms with Gasteiger partial charge in [0, 0.05) is 0 Å². The van der Waals surface area contributed by atoms with Crippen LogP contribution in [-0.2, 0) is 4.79 Å². The Labute approximate surface area is 165 Å². The molecule has 154 valence electrons. The zero-order valence-corrected chi connectivity index (χ0v) is 16.8. The van der Waals surface area contributed by atoms with Gasteiger partial charge >= 0.3 is 5.97 Å². The number of hydrogen-bond acceptors (Lipinski definition) is 3. The largest absolute Gasteiger partial charge is 0.481 e. The Hall–Kier alpha value is -1.65. The number of aliphatic hydroxyl groups is 2. The second-order valence-corrected chi connectivity index (χ2v) is 6.77. The fraction of sp³-hybridized carbons (Fsp3) is 0.609. The molecule has 0 radical (unpaired) electrons. The standard InChI is InChI=1S/C23H38O4/c1-2-3-4-5-6-7-8-9-10-11-12-13-14-15-16-17-18-21(23(26)27)19-22(25)20-24/h6-7,9-10,12-13,15-16,21-22,24-25H,2-5,8,11,14,17-20H2,1H3,(H,26,27)/b7-6-,10-9-,13-12-,16-15-. The van der Waals surface area contributed by atoms with Crippen molar-refractivity contribution in [3.63, 3.8) is 0 Å². The number of carboxylic acids is 1. The molecule has 0 saturated heterocycles. The number of hydrogen-bond donors (Lipinski definition) is 3. The summed E-state index contributed by atoms with van der Waals surface area (Å²) >= 11 is 0. The van der Waals surface area contributed by atoms with E-state index in [1.165, 1.54) is 25.7 Å². The predicted molar refractivity (Wildman–Crippen MR) is 113 cm³/mol. The van der Waals surface area contributed by atoms with Crippen LogP contribution in [-0.4, -0.2) is 34.0 Å². The first-order chi connectivity index (χ1) is 13.1. The lowest BCUT2D eigenvalue weighted by atomic mass is 9.96. The maximum atomic E-state index is 11.1. The van der Waals surface area contributed by atoms with E-state index in [9.17, 15) is 9.90 Å². The number of unbranched alkanes of at least 4 members (excludes halogenated alkanes) is 3. The Morgan fingerprint density at radius 2 is 1.37 bits per heavy atom. The van der Waals surface area contributed by atoms with Gasteiger partial charge in [0.2, 0.25) is 0 Å². The van der Waals surface area contributed by atoms with Crippen LogP contribution in [0.1, 0.15) is 71.1 Å². The molecule has 0 aliphatic heterocycles. The minimum atomic E-state index is -0.956. The van der Waals surface area contributed by atoms with Crippen molar-refractivity contribution in [2.24, 2.45) is 5.92 Å². The van der Waals surface area contributed by atoms with Crippen LogP contribution in [0.25, 0.3) is 0 Å². The lowest BCUT2D eigenvalue weighted by molar-refractivity contribution is -0.143. The molecule has 27 heavy (non-hydrogen) atoms. The van der Waals surface area contributed by atoms with Crippen LogP contribution in [0.5, 0.6) is 0 Å². The highest BCUT2D eigenvalue weighted by molar-refractivity contribution is 5.69. The zero-order chi connectivity index (χ0) is 20.2. The van der Waals surface area contributed by atoms with Gasteiger partial charge in [-0.2, -0.15) is 0 Å². The van der Waals surface area contributed by atoms with Crippen LogP contribution in [0.2, 0.25) is 0 Å². The molecule has 0 aliphatic rings. The molecule has 0 saturated carbocycles. The summed E-state index contributed by atoms with van der Waals surface area (Å²) in [5.41, 5.74) is 0. The molecule has 2 atom stereocenters. The quantitative estimate of drug-likeness (QED) is 0.240. The Morgan fingerprint density at radius 1 is 0.852 bits per heavy atom. The predicted octanol–water partition coefficient (Wildman–Crippen LogP) is 5.19. The van der Waals surface area contributed by atoms with E-state index in [1.807, 2.05) is 12.2 Å². The topological polar surface area (TPSA) is 77.8 Å².